The smallest absolute Gasteiger partial charge is 0.407 e. The fourth-order valence-electron chi connectivity index (χ4n) is 10.7. The Hall–Kier alpha value is -6.16. The number of alkyl carbamates (subject to hydrolysis) is 2. The maximum Gasteiger partial charge on any atom is 0.407 e. The number of nitrogens with one attached hydrogen (secondary N) is 4. The van der Waals surface area contributed by atoms with Gasteiger partial charge in [-0.1, -0.05) is 45.9 Å². The van der Waals surface area contributed by atoms with Gasteiger partial charge < -0.3 is 49.3 Å². The lowest BCUT2D eigenvalue weighted by Gasteiger charge is -2.36. The molecule has 9 rings (SSSR count). The van der Waals surface area contributed by atoms with Crippen molar-refractivity contribution in [3.63, 3.8) is 0 Å². The monoisotopic (exact) mass is 888 g/mol. The van der Waals surface area contributed by atoms with E-state index < -0.39 is 24.3 Å². The molecule has 344 valence electrons. The van der Waals surface area contributed by atoms with E-state index in [4.69, 9.17) is 28.9 Å². The third kappa shape index (κ3) is 8.25. The number of benzene rings is 3. The SMILES string of the molecule is CCC1CCC(c2nc3c(ccc4cc5c(cc43)OCc3cc(-c4cnc(C6CCC(CC)N6C(=O)C(NC(=O)OC)C6CCOCC6)[nH]4)ccc3-5)[nH]2)N1C(=O)C(NC(=O)OC)C(C)C. The van der Waals surface area contributed by atoms with Crippen LogP contribution in [0.15, 0.2) is 48.7 Å². The van der Waals surface area contributed by atoms with Gasteiger partial charge in [0.05, 0.1) is 49.2 Å². The number of fused-ring (bicyclic) bond motifs is 6. The first-order chi connectivity index (χ1) is 31.5. The highest BCUT2D eigenvalue weighted by atomic mass is 16.5. The van der Waals surface area contributed by atoms with E-state index in [-0.39, 0.29) is 47.8 Å². The zero-order chi connectivity index (χ0) is 45.5. The molecule has 4 aliphatic heterocycles. The van der Waals surface area contributed by atoms with Gasteiger partial charge >= 0.3 is 12.2 Å². The van der Waals surface area contributed by atoms with Crippen LogP contribution in [0.5, 0.6) is 5.75 Å². The number of hydrogen-bond acceptors (Lipinski definition) is 10. The first-order valence-corrected chi connectivity index (χ1v) is 23.2. The molecule has 0 radical (unpaired) electrons. The maximum atomic E-state index is 14.4. The Balaban J connectivity index is 0.969. The van der Waals surface area contributed by atoms with Crippen molar-refractivity contribution in [2.45, 2.75) is 122 Å². The van der Waals surface area contributed by atoms with E-state index in [0.29, 0.717) is 32.7 Å². The minimum absolute atomic E-state index is 0.0220. The van der Waals surface area contributed by atoms with Crippen molar-refractivity contribution in [3.05, 3.63) is 65.9 Å². The van der Waals surface area contributed by atoms with Gasteiger partial charge in [0, 0.05) is 36.2 Å². The van der Waals surface area contributed by atoms with Gasteiger partial charge in [-0.05, 0) is 110 Å². The summed E-state index contributed by atoms with van der Waals surface area (Å²) in [5.74, 6) is 1.79. The molecule has 5 aromatic rings. The Morgan fingerprint density at radius 1 is 0.800 bits per heavy atom. The second-order valence-electron chi connectivity index (χ2n) is 18.2. The van der Waals surface area contributed by atoms with Crippen LogP contribution in [-0.4, -0.2) is 105 Å². The van der Waals surface area contributed by atoms with Gasteiger partial charge in [-0.15, -0.1) is 0 Å². The van der Waals surface area contributed by atoms with Gasteiger partial charge in [0.15, 0.2) is 0 Å². The molecule has 6 atom stereocenters. The lowest BCUT2D eigenvalue weighted by molar-refractivity contribution is -0.139. The lowest BCUT2D eigenvalue weighted by atomic mass is 9.90. The summed E-state index contributed by atoms with van der Waals surface area (Å²) in [5.41, 5.74) is 6.61. The van der Waals surface area contributed by atoms with Gasteiger partial charge in [0.25, 0.3) is 0 Å². The predicted octanol–water partition coefficient (Wildman–Crippen LogP) is 8.08. The van der Waals surface area contributed by atoms with E-state index in [1.54, 1.807) is 0 Å². The number of carbonyl (C=O) groups is 4. The fourth-order valence-corrected chi connectivity index (χ4v) is 10.7. The summed E-state index contributed by atoms with van der Waals surface area (Å²) in [6.45, 7) is 9.50. The number of H-pyrrole nitrogens is 2. The number of imidazole rings is 2. The van der Waals surface area contributed by atoms with Gasteiger partial charge in [-0.3, -0.25) is 9.59 Å². The van der Waals surface area contributed by atoms with Crippen LogP contribution in [0.1, 0.15) is 108 Å². The molecule has 0 spiro atoms. The van der Waals surface area contributed by atoms with Crippen molar-refractivity contribution in [1.82, 2.24) is 40.4 Å². The van der Waals surface area contributed by atoms with Crippen molar-refractivity contribution in [2.24, 2.45) is 11.8 Å². The van der Waals surface area contributed by atoms with Gasteiger partial charge in [0.1, 0.15) is 36.1 Å². The topological polar surface area (TPSA) is 193 Å². The molecule has 0 aliphatic carbocycles. The fraction of sp³-hybridized carbons (Fsp3) is 0.510. The van der Waals surface area contributed by atoms with Crippen LogP contribution in [0.4, 0.5) is 9.59 Å². The quantitative estimate of drug-likeness (QED) is 0.101. The second kappa shape index (κ2) is 18.4. The van der Waals surface area contributed by atoms with Crippen molar-refractivity contribution < 1.29 is 38.1 Å². The largest absolute Gasteiger partial charge is 0.488 e. The third-order valence-corrected chi connectivity index (χ3v) is 14.2. The first kappa shape index (κ1) is 44.1. The summed E-state index contributed by atoms with van der Waals surface area (Å²) in [6.07, 6.45) is 6.74. The lowest BCUT2D eigenvalue weighted by Crippen LogP contribution is -2.54. The van der Waals surface area contributed by atoms with Crippen LogP contribution in [0, 0.1) is 11.8 Å². The Morgan fingerprint density at radius 3 is 2.18 bits per heavy atom. The van der Waals surface area contributed by atoms with Crippen molar-refractivity contribution in [3.8, 4) is 28.1 Å². The number of amides is 4. The van der Waals surface area contributed by atoms with Gasteiger partial charge in [-0.2, -0.15) is 0 Å². The summed E-state index contributed by atoms with van der Waals surface area (Å²) in [4.78, 5) is 74.3. The highest BCUT2D eigenvalue weighted by molar-refractivity contribution is 6.07. The summed E-state index contributed by atoms with van der Waals surface area (Å²) in [6, 6.07) is 12.8. The van der Waals surface area contributed by atoms with Gasteiger partial charge in [0.2, 0.25) is 11.8 Å². The van der Waals surface area contributed by atoms with E-state index in [9.17, 15) is 19.2 Å². The molecule has 2 aromatic heterocycles. The van der Waals surface area contributed by atoms with E-state index in [1.807, 2.05) is 35.9 Å². The third-order valence-electron chi connectivity index (χ3n) is 14.2. The van der Waals surface area contributed by atoms with Gasteiger partial charge in [-0.25, -0.2) is 19.6 Å². The molecule has 3 aromatic carbocycles. The predicted molar refractivity (Wildman–Crippen MR) is 244 cm³/mol. The normalized spacial score (nSPS) is 21.8. The molecular weight excluding hydrogens is 829 g/mol. The summed E-state index contributed by atoms with van der Waals surface area (Å²) in [7, 11) is 2.62. The van der Waals surface area contributed by atoms with E-state index in [2.05, 4.69) is 70.8 Å². The Morgan fingerprint density at radius 2 is 1.49 bits per heavy atom. The Bertz CT molecular complexity index is 2600. The highest BCUT2D eigenvalue weighted by Gasteiger charge is 2.45. The van der Waals surface area contributed by atoms with Crippen LogP contribution >= 0.6 is 0 Å². The zero-order valence-corrected chi connectivity index (χ0v) is 38.1. The highest BCUT2D eigenvalue weighted by Crippen LogP contribution is 2.45. The summed E-state index contributed by atoms with van der Waals surface area (Å²) >= 11 is 0. The molecule has 16 heteroatoms. The van der Waals surface area contributed by atoms with Crippen molar-refractivity contribution in [2.75, 3.05) is 27.4 Å². The van der Waals surface area contributed by atoms with Crippen molar-refractivity contribution >= 4 is 45.8 Å². The van der Waals surface area contributed by atoms with Crippen LogP contribution in [-0.2, 0) is 30.4 Å². The summed E-state index contributed by atoms with van der Waals surface area (Å²) < 4.78 is 21.9. The molecule has 4 aliphatic rings. The number of rotatable bonds is 11. The van der Waals surface area contributed by atoms with Crippen LogP contribution in [0.25, 0.3) is 44.2 Å². The number of aromatic amines is 2. The van der Waals surface area contributed by atoms with Crippen LogP contribution in [0.2, 0.25) is 0 Å². The minimum atomic E-state index is -0.726. The number of ether oxygens (including phenoxy) is 4. The number of hydrogen-bond donors (Lipinski definition) is 4. The van der Waals surface area contributed by atoms with E-state index in [1.165, 1.54) is 14.2 Å². The minimum Gasteiger partial charge on any atom is -0.488 e. The molecule has 3 saturated heterocycles. The molecule has 3 fully saturated rings. The molecule has 65 heavy (non-hydrogen) atoms. The molecule has 0 saturated carbocycles. The molecule has 0 bridgehead atoms. The Labute approximate surface area is 378 Å². The first-order valence-electron chi connectivity index (χ1n) is 23.2. The second-order valence-corrected chi connectivity index (χ2v) is 18.2. The number of carbonyl (C=O) groups excluding carboxylic acids is 4. The average Bonchev–Trinajstić information content (AvgIpc) is 4.16. The number of nitrogens with zero attached hydrogens (tertiary/aromatic N) is 4. The molecular formula is C49H60N8O8. The van der Waals surface area contributed by atoms with Crippen LogP contribution in [0.3, 0.4) is 0 Å². The van der Waals surface area contributed by atoms with E-state index in [0.717, 1.165) is 106 Å². The number of likely N-dealkylation sites (tertiary alicyclic amines) is 2. The number of aromatic nitrogens is 4. The average molecular weight is 889 g/mol. The molecule has 6 heterocycles. The Kier molecular flexibility index (Phi) is 12.5. The number of methoxy groups -OCH3 is 2. The standard InChI is InChI=1S/C49H60N8O8/c1-7-31-11-15-38(56(31)47(59)42(55-49(61)63-6)27-17-19-64-20-18-27)44-50-24-37(52-44)29-9-13-33-30(21-29)25-65-40-23-34-28(22-35(33)40)10-14-36-43(34)53-45(51-36)39-16-12-32(8-2)57(39)46(58)41(26(3)4)54-48(60)62-5/h9-10,13-14,21-24,26-27,31-32,38-39,41-42H,7-8,11-12,15-20,25H2,1-6H3,(H,50,52)(H,51,53)(H,54,60)(H,55,61). The molecule has 16 nitrogen and oxygen atoms in total. The molecule has 4 amide bonds. The summed E-state index contributed by atoms with van der Waals surface area (Å²) in [5, 5.41) is 7.60. The van der Waals surface area contributed by atoms with E-state index >= 15 is 0 Å². The molecule has 6 unspecified atom stereocenters. The molecule has 4 N–H and O–H groups in total. The zero-order valence-electron chi connectivity index (χ0n) is 38.1. The maximum absolute atomic E-state index is 14.4. The van der Waals surface area contributed by atoms with Crippen LogP contribution < -0.4 is 15.4 Å². The van der Waals surface area contributed by atoms with Crippen molar-refractivity contribution in [1.29, 1.82) is 0 Å².